The van der Waals surface area contributed by atoms with Crippen LogP contribution < -0.4 is 5.32 Å². The first-order valence-corrected chi connectivity index (χ1v) is 4.92. The summed E-state index contributed by atoms with van der Waals surface area (Å²) in [6.07, 6.45) is 3.57. The van der Waals surface area contributed by atoms with E-state index in [4.69, 9.17) is 0 Å². The predicted octanol–water partition coefficient (Wildman–Crippen LogP) is 2.24. The van der Waals surface area contributed by atoms with E-state index in [2.05, 4.69) is 27.9 Å². The van der Waals surface area contributed by atoms with Crippen molar-refractivity contribution in [2.24, 2.45) is 0 Å². The normalized spacial score (nSPS) is 11.4. The standard InChI is InChI=1S/C8H14INO/c1-3-5-10-8(11)6-7(9)4-2/h6H,3-5H2,1-2H3,(H,10,11)/b7-6-. The van der Waals surface area contributed by atoms with Gasteiger partial charge in [-0.1, -0.05) is 13.8 Å². The van der Waals surface area contributed by atoms with Crippen molar-refractivity contribution in [3.63, 3.8) is 0 Å². The van der Waals surface area contributed by atoms with Crippen molar-refractivity contribution < 1.29 is 4.79 Å². The van der Waals surface area contributed by atoms with Crippen molar-refractivity contribution in [1.82, 2.24) is 5.32 Å². The maximum Gasteiger partial charge on any atom is 0.244 e. The minimum absolute atomic E-state index is 0.0260. The zero-order chi connectivity index (χ0) is 8.69. The summed E-state index contributed by atoms with van der Waals surface area (Å²) in [5, 5.41) is 2.78. The second-order valence-corrected chi connectivity index (χ2v) is 3.62. The molecule has 2 nitrogen and oxygen atoms in total. The molecule has 11 heavy (non-hydrogen) atoms. The Morgan fingerprint density at radius 1 is 1.55 bits per heavy atom. The van der Waals surface area contributed by atoms with Crippen molar-refractivity contribution in [2.75, 3.05) is 6.54 Å². The highest BCUT2D eigenvalue weighted by atomic mass is 127. The van der Waals surface area contributed by atoms with Crippen LogP contribution in [0.2, 0.25) is 0 Å². The quantitative estimate of drug-likeness (QED) is 0.614. The average molecular weight is 267 g/mol. The van der Waals surface area contributed by atoms with E-state index in [9.17, 15) is 4.79 Å². The van der Waals surface area contributed by atoms with E-state index in [-0.39, 0.29) is 5.91 Å². The molecule has 0 atom stereocenters. The first-order valence-electron chi connectivity index (χ1n) is 3.84. The van der Waals surface area contributed by atoms with Gasteiger partial charge in [-0.2, -0.15) is 0 Å². The first kappa shape index (κ1) is 10.9. The molecule has 0 rings (SSSR count). The second kappa shape index (κ2) is 6.64. The molecule has 0 unspecified atom stereocenters. The monoisotopic (exact) mass is 267 g/mol. The summed E-state index contributed by atoms with van der Waals surface area (Å²) in [6, 6.07) is 0. The van der Waals surface area contributed by atoms with Crippen molar-refractivity contribution in [1.29, 1.82) is 0 Å². The minimum atomic E-state index is 0.0260. The molecule has 0 saturated heterocycles. The Morgan fingerprint density at radius 3 is 2.64 bits per heavy atom. The summed E-state index contributed by atoms with van der Waals surface area (Å²) in [5.41, 5.74) is 0. The fourth-order valence-electron chi connectivity index (χ4n) is 0.544. The summed E-state index contributed by atoms with van der Waals surface area (Å²) in [4.78, 5) is 11.0. The highest BCUT2D eigenvalue weighted by molar-refractivity contribution is 14.1. The largest absolute Gasteiger partial charge is 0.353 e. The van der Waals surface area contributed by atoms with Gasteiger partial charge in [-0.15, -0.1) is 0 Å². The molecule has 1 amide bonds. The summed E-state index contributed by atoms with van der Waals surface area (Å²) >= 11 is 2.17. The Kier molecular flexibility index (Phi) is 6.60. The van der Waals surface area contributed by atoms with Crippen LogP contribution in [-0.2, 0) is 4.79 Å². The van der Waals surface area contributed by atoms with E-state index < -0.39 is 0 Å². The Balaban J connectivity index is 3.67. The molecule has 0 radical (unpaired) electrons. The van der Waals surface area contributed by atoms with E-state index in [0.717, 1.165) is 23.0 Å². The fraction of sp³-hybridized carbons (Fsp3) is 0.625. The van der Waals surface area contributed by atoms with Gasteiger partial charge in [0, 0.05) is 12.6 Å². The maximum absolute atomic E-state index is 11.0. The lowest BCUT2D eigenvalue weighted by Gasteiger charge is -1.98. The molecule has 0 spiro atoms. The van der Waals surface area contributed by atoms with Crippen LogP contribution in [-0.4, -0.2) is 12.5 Å². The van der Waals surface area contributed by atoms with E-state index in [1.54, 1.807) is 6.08 Å². The van der Waals surface area contributed by atoms with Gasteiger partial charge in [-0.25, -0.2) is 0 Å². The molecule has 1 N–H and O–H groups in total. The smallest absolute Gasteiger partial charge is 0.244 e. The van der Waals surface area contributed by atoms with Crippen molar-refractivity contribution >= 4 is 28.5 Å². The Hall–Kier alpha value is -0.0600. The van der Waals surface area contributed by atoms with Crippen LogP contribution in [0.1, 0.15) is 26.7 Å². The highest BCUT2D eigenvalue weighted by Crippen LogP contribution is 2.08. The molecule has 64 valence electrons. The number of halogens is 1. The van der Waals surface area contributed by atoms with Gasteiger partial charge in [0.2, 0.25) is 5.91 Å². The van der Waals surface area contributed by atoms with Crippen LogP contribution in [0.5, 0.6) is 0 Å². The SMILES string of the molecule is CCCNC(=O)/C=C(\I)CC. The lowest BCUT2D eigenvalue weighted by atomic mass is 10.4. The predicted molar refractivity (Wildman–Crippen MR) is 55.7 cm³/mol. The van der Waals surface area contributed by atoms with Crippen LogP contribution in [0, 0.1) is 0 Å². The molecular formula is C8H14INO. The number of amides is 1. The summed E-state index contributed by atoms with van der Waals surface area (Å²) < 4.78 is 1.09. The van der Waals surface area contributed by atoms with Crippen LogP contribution in [0.3, 0.4) is 0 Å². The van der Waals surface area contributed by atoms with E-state index >= 15 is 0 Å². The Morgan fingerprint density at radius 2 is 2.18 bits per heavy atom. The van der Waals surface area contributed by atoms with Gasteiger partial charge in [0.25, 0.3) is 0 Å². The molecule has 0 aromatic rings. The van der Waals surface area contributed by atoms with Crippen LogP contribution in [0.4, 0.5) is 0 Å². The van der Waals surface area contributed by atoms with E-state index in [0.29, 0.717) is 0 Å². The topological polar surface area (TPSA) is 29.1 Å². The molecular weight excluding hydrogens is 253 g/mol. The van der Waals surface area contributed by atoms with Crippen molar-refractivity contribution in [3.05, 3.63) is 9.66 Å². The van der Waals surface area contributed by atoms with Crippen molar-refractivity contribution in [3.8, 4) is 0 Å². The van der Waals surface area contributed by atoms with Gasteiger partial charge in [-0.05, 0) is 39.0 Å². The lowest BCUT2D eigenvalue weighted by Crippen LogP contribution is -2.21. The molecule has 0 aromatic carbocycles. The maximum atomic E-state index is 11.0. The van der Waals surface area contributed by atoms with Crippen LogP contribution in [0.25, 0.3) is 0 Å². The molecule has 0 heterocycles. The number of carbonyl (C=O) groups is 1. The minimum Gasteiger partial charge on any atom is -0.353 e. The van der Waals surface area contributed by atoms with Gasteiger partial charge >= 0.3 is 0 Å². The summed E-state index contributed by atoms with van der Waals surface area (Å²) in [6.45, 7) is 4.84. The summed E-state index contributed by atoms with van der Waals surface area (Å²) in [5.74, 6) is 0.0260. The van der Waals surface area contributed by atoms with Gasteiger partial charge in [-0.3, -0.25) is 4.79 Å². The lowest BCUT2D eigenvalue weighted by molar-refractivity contribution is -0.116. The highest BCUT2D eigenvalue weighted by Gasteiger charge is 1.94. The average Bonchev–Trinajstić information content (AvgIpc) is 2.00. The van der Waals surface area contributed by atoms with Crippen molar-refractivity contribution in [2.45, 2.75) is 26.7 Å². The Labute approximate surface area is 81.6 Å². The fourth-order valence-corrected chi connectivity index (χ4v) is 0.826. The molecule has 0 bridgehead atoms. The van der Waals surface area contributed by atoms with E-state index in [1.165, 1.54) is 0 Å². The first-order chi connectivity index (χ1) is 5.20. The number of nitrogens with one attached hydrogen (secondary N) is 1. The zero-order valence-electron chi connectivity index (χ0n) is 6.98. The van der Waals surface area contributed by atoms with Crippen LogP contribution >= 0.6 is 22.6 Å². The van der Waals surface area contributed by atoms with Crippen LogP contribution in [0.15, 0.2) is 9.66 Å². The molecule has 0 fully saturated rings. The third-order valence-electron chi connectivity index (χ3n) is 1.17. The molecule has 3 heteroatoms. The second-order valence-electron chi connectivity index (χ2n) is 2.24. The number of carbonyl (C=O) groups excluding carboxylic acids is 1. The number of hydrogen-bond donors (Lipinski definition) is 1. The van der Waals surface area contributed by atoms with E-state index in [1.807, 2.05) is 13.8 Å². The number of hydrogen-bond acceptors (Lipinski definition) is 1. The van der Waals surface area contributed by atoms with Gasteiger partial charge < -0.3 is 5.32 Å². The van der Waals surface area contributed by atoms with Gasteiger partial charge in [0.05, 0.1) is 0 Å². The third kappa shape index (κ3) is 6.34. The molecule has 0 aliphatic heterocycles. The molecule has 0 saturated carbocycles. The number of allylic oxidation sites excluding steroid dienone is 1. The zero-order valence-corrected chi connectivity index (χ0v) is 9.14. The van der Waals surface area contributed by atoms with Gasteiger partial charge in [0.1, 0.15) is 0 Å². The molecule has 0 aliphatic rings. The van der Waals surface area contributed by atoms with Gasteiger partial charge in [0.15, 0.2) is 0 Å². The number of rotatable bonds is 4. The third-order valence-corrected chi connectivity index (χ3v) is 2.25. The molecule has 0 aromatic heterocycles. The Bertz CT molecular complexity index is 154. The summed E-state index contributed by atoms with van der Waals surface area (Å²) in [7, 11) is 0. The molecule has 0 aliphatic carbocycles.